The van der Waals surface area contributed by atoms with Crippen molar-refractivity contribution in [2.24, 2.45) is 0 Å². The Morgan fingerprint density at radius 3 is 2.46 bits per heavy atom. The van der Waals surface area contributed by atoms with Gasteiger partial charge in [-0.1, -0.05) is 11.3 Å². The lowest BCUT2D eigenvalue weighted by molar-refractivity contribution is 0.353. The second-order valence-electron chi connectivity index (χ2n) is 6.23. The summed E-state index contributed by atoms with van der Waals surface area (Å²) >= 11 is 1.52. The Labute approximate surface area is 167 Å². The van der Waals surface area contributed by atoms with Gasteiger partial charge in [-0.2, -0.15) is 4.31 Å². The van der Waals surface area contributed by atoms with Gasteiger partial charge in [0.15, 0.2) is 16.6 Å². The molecule has 0 spiro atoms. The summed E-state index contributed by atoms with van der Waals surface area (Å²) in [4.78, 5) is 12.1. The highest BCUT2D eigenvalue weighted by Gasteiger charge is 2.30. The van der Waals surface area contributed by atoms with Crippen molar-refractivity contribution < 1.29 is 17.9 Å². The molecule has 1 aliphatic rings. The fraction of sp³-hybridized carbons (Fsp3) is 0.333. The van der Waals surface area contributed by atoms with Crippen LogP contribution in [0.5, 0.6) is 11.5 Å². The topological polar surface area (TPSA) is 84.9 Å². The molecule has 3 heterocycles. The van der Waals surface area contributed by atoms with Crippen LogP contribution < -0.4 is 14.4 Å². The van der Waals surface area contributed by atoms with Gasteiger partial charge in [0.05, 0.1) is 19.1 Å². The molecule has 148 valence electrons. The fourth-order valence-corrected chi connectivity index (χ4v) is 5.54. The van der Waals surface area contributed by atoms with Crippen LogP contribution in [-0.2, 0) is 10.0 Å². The van der Waals surface area contributed by atoms with Gasteiger partial charge < -0.3 is 14.4 Å². The number of methoxy groups -OCH3 is 2. The standard InChI is InChI=1S/C18H20N4O4S2/c1-25-15-6-5-13(12-16(15)26-2)28(23,24)22-10-8-21(9-11-22)18-20-14-4-3-7-19-17(14)27-18/h3-7,12H,8-11H2,1-2H3. The lowest BCUT2D eigenvalue weighted by atomic mass is 10.3. The maximum atomic E-state index is 13.0. The number of hydrogen-bond donors (Lipinski definition) is 0. The highest BCUT2D eigenvalue weighted by molar-refractivity contribution is 7.89. The molecular weight excluding hydrogens is 400 g/mol. The predicted molar refractivity (Wildman–Crippen MR) is 108 cm³/mol. The number of sulfonamides is 1. The SMILES string of the molecule is COc1ccc(S(=O)(=O)N2CCN(c3nc4cccnc4s3)CC2)cc1OC. The van der Waals surface area contributed by atoms with Crippen LogP contribution >= 0.6 is 11.3 Å². The first kappa shape index (κ1) is 18.9. The van der Waals surface area contributed by atoms with E-state index in [0.717, 1.165) is 15.5 Å². The van der Waals surface area contributed by atoms with Crippen molar-refractivity contribution in [1.29, 1.82) is 0 Å². The van der Waals surface area contributed by atoms with Crippen LogP contribution in [0, 0.1) is 0 Å². The molecule has 28 heavy (non-hydrogen) atoms. The van der Waals surface area contributed by atoms with Crippen LogP contribution in [0.25, 0.3) is 10.3 Å². The molecule has 0 radical (unpaired) electrons. The molecule has 1 aromatic carbocycles. The van der Waals surface area contributed by atoms with E-state index in [1.807, 2.05) is 12.1 Å². The van der Waals surface area contributed by atoms with E-state index >= 15 is 0 Å². The van der Waals surface area contributed by atoms with E-state index in [1.165, 1.54) is 35.9 Å². The Morgan fingerprint density at radius 2 is 1.79 bits per heavy atom. The Bertz CT molecular complexity index is 1060. The Hall–Kier alpha value is -2.43. The fourth-order valence-electron chi connectivity index (χ4n) is 3.14. The van der Waals surface area contributed by atoms with Gasteiger partial charge >= 0.3 is 0 Å². The van der Waals surface area contributed by atoms with Crippen LogP contribution in [0.2, 0.25) is 0 Å². The molecule has 0 aliphatic carbocycles. The van der Waals surface area contributed by atoms with Gasteiger partial charge in [0.1, 0.15) is 10.3 Å². The number of fused-ring (bicyclic) bond motifs is 1. The maximum Gasteiger partial charge on any atom is 0.243 e. The van der Waals surface area contributed by atoms with E-state index in [1.54, 1.807) is 18.3 Å². The highest BCUT2D eigenvalue weighted by Crippen LogP contribution is 2.32. The molecule has 2 aromatic heterocycles. The number of ether oxygens (including phenoxy) is 2. The Kier molecular flexibility index (Phi) is 5.09. The van der Waals surface area contributed by atoms with Crippen LogP contribution in [0.4, 0.5) is 5.13 Å². The van der Waals surface area contributed by atoms with E-state index in [-0.39, 0.29) is 4.90 Å². The number of anilines is 1. The lowest BCUT2D eigenvalue weighted by Crippen LogP contribution is -2.48. The van der Waals surface area contributed by atoms with Crippen LogP contribution in [0.1, 0.15) is 0 Å². The molecule has 1 fully saturated rings. The minimum atomic E-state index is -3.61. The minimum Gasteiger partial charge on any atom is -0.493 e. The molecule has 4 rings (SSSR count). The van der Waals surface area contributed by atoms with Crippen molar-refractivity contribution in [3.8, 4) is 11.5 Å². The van der Waals surface area contributed by atoms with Gasteiger partial charge in [-0.3, -0.25) is 0 Å². The van der Waals surface area contributed by atoms with Crippen molar-refractivity contribution in [2.75, 3.05) is 45.3 Å². The van der Waals surface area contributed by atoms with Crippen molar-refractivity contribution in [3.63, 3.8) is 0 Å². The van der Waals surface area contributed by atoms with Gasteiger partial charge in [-0.25, -0.2) is 18.4 Å². The van der Waals surface area contributed by atoms with Gasteiger partial charge in [0.2, 0.25) is 10.0 Å². The molecule has 1 saturated heterocycles. The first-order valence-electron chi connectivity index (χ1n) is 8.71. The molecule has 0 bridgehead atoms. The zero-order valence-electron chi connectivity index (χ0n) is 15.5. The van der Waals surface area contributed by atoms with Crippen molar-refractivity contribution in [3.05, 3.63) is 36.5 Å². The largest absolute Gasteiger partial charge is 0.493 e. The first-order chi connectivity index (χ1) is 13.5. The first-order valence-corrected chi connectivity index (χ1v) is 11.0. The third kappa shape index (κ3) is 3.38. The Balaban J connectivity index is 1.51. The lowest BCUT2D eigenvalue weighted by Gasteiger charge is -2.33. The molecule has 1 aliphatic heterocycles. The van der Waals surface area contributed by atoms with Gasteiger partial charge in [0.25, 0.3) is 0 Å². The molecule has 0 amide bonds. The summed E-state index contributed by atoms with van der Waals surface area (Å²) in [5.74, 6) is 0.889. The normalized spacial score (nSPS) is 15.7. The summed E-state index contributed by atoms with van der Waals surface area (Å²) in [6, 6.07) is 8.44. The summed E-state index contributed by atoms with van der Waals surface area (Å²) in [5.41, 5.74) is 0.864. The van der Waals surface area contributed by atoms with Crippen LogP contribution in [0.3, 0.4) is 0 Å². The van der Waals surface area contributed by atoms with Crippen molar-refractivity contribution in [1.82, 2.24) is 14.3 Å². The van der Waals surface area contributed by atoms with E-state index < -0.39 is 10.0 Å². The number of pyridine rings is 1. The molecule has 0 atom stereocenters. The Morgan fingerprint density at radius 1 is 1.04 bits per heavy atom. The predicted octanol–water partition coefficient (Wildman–Crippen LogP) is 2.22. The number of hydrogen-bond acceptors (Lipinski definition) is 8. The molecule has 0 N–H and O–H groups in total. The van der Waals surface area contributed by atoms with Crippen LogP contribution in [-0.4, -0.2) is 63.1 Å². The van der Waals surface area contributed by atoms with Gasteiger partial charge in [0, 0.05) is 38.4 Å². The van der Waals surface area contributed by atoms with Crippen LogP contribution in [0.15, 0.2) is 41.4 Å². The maximum absolute atomic E-state index is 13.0. The van der Waals surface area contributed by atoms with E-state index in [4.69, 9.17) is 9.47 Å². The number of nitrogens with zero attached hydrogens (tertiary/aromatic N) is 4. The van der Waals surface area contributed by atoms with Crippen molar-refractivity contribution >= 4 is 36.8 Å². The third-order valence-electron chi connectivity index (χ3n) is 4.66. The molecule has 8 nitrogen and oxygen atoms in total. The minimum absolute atomic E-state index is 0.197. The molecule has 3 aromatic rings. The number of aromatic nitrogens is 2. The molecule has 0 unspecified atom stereocenters. The van der Waals surface area contributed by atoms with E-state index in [9.17, 15) is 8.42 Å². The third-order valence-corrected chi connectivity index (χ3v) is 7.59. The van der Waals surface area contributed by atoms with Gasteiger partial charge in [-0.05, 0) is 24.3 Å². The van der Waals surface area contributed by atoms with Crippen molar-refractivity contribution in [2.45, 2.75) is 4.90 Å². The number of rotatable bonds is 5. The monoisotopic (exact) mass is 420 g/mol. The zero-order valence-corrected chi connectivity index (χ0v) is 17.2. The smallest absolute Gasteiger partial charge is 0.243 e. The number of benzene rings is 1. The summed E-state index contributed by atoms with van der Waals surface area (Å²) < 4.78 is 38.0. The second kappa shape index (κ2) is 7.53. The average molecular weight is 421 g/mol. The molecular formula is C18H20N4O4S2. The van der Waals surface area contributed by atoms with E-state index in [0.29, 0.717) is 37.7 Å². The molecule has 10 heteroatoms. The summed E-state index contributed by atoms with van der Waals surface area (Å²) in [6.45, 7) is 1.93. The summed E-state index contributed by atoms with van der Waals surface area (Å²) in [7, 11) is -0.605. The summed E-state index contributed by atoms with van der Waals surface area (Å²) in [6.07, 6.45) is 1.75. The number of piperazine rings is 1. The summed E-state index contributed by atoms with van der Waals surface area (Å²) in [5, 5.41) is 0.872. The highest BCUT2D eigenvalue weighted by atomic mass is 32.2. The quantitative estimate of drug-likeness (QED) is 0.626. The zero-order chi connectivity index (χ0) is 19.7. The molecule has 0 saturated carbocycles. The average Bonchev–Trinajstić information content (AvgIpc) is 3.17. The van der Waals surface area contributed by atoms with Gasteiger partial charge in [-0.15, -0.1) is 0 Å². The second-order valence-corrected chi connectivity index (χ2v) is 9.13. The number of thiazole rings is 1. The van der Waals surface area contributed by atoms with E-state index in [2.05, 4.69) is 14.9 Å².